The van der Waals surface area contributed by atoms with Gasteiger partial charge < -0.3 is 9.47 Å². The molecule has 1 aliphatic rings. The van der Waals surface area contributed by atoms with E-state index in [1.54, 1.807) is 0 Å². The standard InChI is InChI=1S/C10H19IO2/c1-9(2)10(3,4)13-8(12-9)6-5-7-11/h8H,5-7H2,1-4H3. The van der Waals surface area contributed by atoms with Crippen molar-refractivity contribution in [3.8, 4) is 0 Å². The Morgan fingerprint density at radius 3 is 1.92 bits per heavy atom. The highest BCUT2D eigenvalue weighted by molar-refractivity contribution is 14.1. The first-order valence-electron chi connectivity index (χ1n) is 4.81. The number of alkyl halides is 1. The van der Waals surface area contributed by atoms with Crippen molar-refractivity contribution in [2.45, 2.75) is 58.0 Å². The Bertz CT molecular complexity index is 162. The summed E-state index contributed by atoms with van der Waals surface area (Å²) in [6.07, 6.45) is 2.17. The highest BCUT2D eigenvalue weighted by Gasteiger charge is 2.48. The highest BCUT2D eigenvalue weighted by Crippen LogP contribution is 2.39. The van der Waals surface area contributed by atoms with Crippen LogP contribution in [0.5, 0.6) is 0 Å². The molecule has 1 heterocycles. The second kappa shape index (κ2) is 4.03. The third-order valence-corrected chi connectivity index (χ3v) is 3.64. The summed E-state index contributed by atoms with van der Waals surface area (Å²) in [6, 6.07) is 0. The quantitative estimate of drug-likeness (QED) is 0.589. The SMILES string of the molecule is CC1(C)OC(CCCI)OC1(C)C. The number of halogens is 1. The van der Waals surface area contributed by atoms with Gasteiger partial charge in [-0.2, -0.15) is 0 Å². The molecule has 0 radical (unpaired) electrons. The van der Waals surface area contributed by atoms with E-state index in [0.29, 0.717) is 0 Å². The third kappa shape index (κ3) is 2.57. The fourth-order valence-electron chi connectivity index (χ4n) is 1.33. The van der Waals surface area contributed by atoms with Crippen LogP contribution in [0, 0.1) is 0 Å². The van der Waals surface area contributed by atoms with Gasteiger partial charge in [0.25, 0.3) is 0 Å². The molecule has 0 amide bonds. The first kappa shape index (κ1) is 11.7. The summed E-state index contributed by atoms with van der Waals surface area (Å²) < 4.78 is 12.8. The lowest BCUT2D eigenvalue weighted by Crippen LogP contribution is -2.41. The Morgan fingerprint density at radius 2 is 1.54 bits per heavy atom. The van der Waals surface area contributed by atoms with Gasteiger partial charge in [0.15, 0.2) is 6.29 Å². The maximum Gasteiger partial charge on any atom is 0.159 e. The van der Waals surface area contributed by atoms with Gasteiger partial charge in [0.2, 0.25) is 0 Å². The van der Waals surface area contributed by atoms with Crippen LogP contribution in [-0.4, -0.2) is 21.9 Å². The van der Waals surface area contributed by atoms with Crippen LogP contribution < -0.4 is 0 Å². The van der Waals surface area contributed by atoms with Crippen molar-refractivity contribution in [1.82, 2.24) is 0 Å². The van der Waals surface area contributed by atoms with E-state index < -0.39 is 0 Å². The predicted molar refractivity (Wildman–Crippen MR) is 62.2 cm³/mol. The maximum absolute atomic E-state index is 5.84. The average Bonchev–Trinajstić information content (AvgIpc) is 2.17. The largest absolute Gasteiger partial charge is 0.344 e. The lowest BCUT2D eigenvalue weighted by Gasteiger charge is -2.30. The summed E-state index contributed by atoms with van der Waals surface area (Å²) in [5.41, 5.74) is -0.328. The van der Waals surface area contributed by atoms with Crippen LogP contribution >= 0.6 is 22.6 Å². The van der Waals surface area contributed by atoms with Crippen LogP contribution in [-0.2, 0) is 9.47 Å². The molecule has 0 aliphatic carbocycles. The molecule has 3 heteroatoms. The Labute approximate surface area is 94.5 Å². The number of hydrogen-bond donors (Lipinski definition) is 0. The van der Waals surface area contributed by atoms with Gasteiger partial charge in [-0.3, -0.25) is 0 Å². The van der Waals surface area contributed by atoms with Gasteiger partial charge in [0.05, 0.1) is 11.2 Å². The molecule has 0 saturated carbocycles. The zero-order valence-corrected chi connectivity index (χ0v) is 11.1. The van der Waals surface area contributed by atoms with Crippen molar-refractivity contribution in [3.05, 3.63) is 0 Å². The molecule has 0 spiro atoms. The molecule has 0 bridgehead atoms. The normalized spacial score (nSPS) is 26.5. The van der Waals surface area contributed by atoms with Crippen molar-refractivity contribution in [2.24, 2.45) is 0 Å². The van der Waals surface area contributed by atoms with E-state index >= 15 is 0 Å². The van der Waals surface area contributed by atoms with E-state index in [-0.39, 0.29) is 17.5 Å². The number of ether oxygens (including phenoxy) is 2. The maximum atomic E-state index is 5.84. The molecular formula is C10H19IO2. The molecule has 1 fully saturated rings. The fraction of sp³-hybridized carbons (Fsp3) is 1.00. The summed E-state index contributed by atoms with van der Waals surface area (Å²) in [5.74, 6) is 0. The van der Waals surface area contributed by atoms with Gasteiger partial charge in [-0.15, -0.1) is 0 Å². The topological polar surface area (TPSA) is 18.5 Å². The minimum Gasteiger partial charge on any atom is -0.344 e. The Hall–Kier alpha value is 0.650. The van der Waals surface area contributed by atoms with Crippen molar-refractivity contribution in [2.75, 3.05) is 4.43 Å². The van der Waals surface area contributed by atoms with E-state index in [2.05, 4.69) is 50.3 Å². The van der Waals surface area contributed by atoms with Crippen LogP contribution in [0.3, 0.4) is 0 Å². The smallest absolute Gasteiger partial charge is 0.159 e. The first-order chi connectivity index (χ1) is 5.89. The Morgan fingerprint density at radius 1 is 1.08 bits per heavy atom. The van der Waals surface area contributed by atoms with E-state index in [0.717, 1.165) is 12.8 Å². The number of rotatable bonds is 3. The average molecular weight is 298 g/mol. The van der Waals surface area contributed by atoms with E-state index in [1.807, 2.05) is 0 Å². The van der Waals surface area contributed by atoms with Gasteiger partial charge in [0.1, 0.15) is 0 Å². The molecule has 0 aromatic carbocycles. The summed E-state index contributed by atoms with van der Waals surface area (Å²) >= 11 is 2.38. The zero-order chi connectivity index (χ0) is 10.1. The van der Waals surface area contributed by atoms with Gasteiger partial charge in [-0.05, 0) is 45.0 Å². The molecule has 78 valence electrons. The van der Waals surface area contributed by atoms with Crippen molar-refractivity contribution >= 4 is 22.6 Å². The van der Waals surface area contributed by atoms with Crippen LogP contribution in [0.25, 0.3) is 0 Å². The predicted octanol–water partition coefficient (Wildman–Crippen LogP) is 3.13. The van der Waals surface area contributed by atoms with Crippen LogP contribution in [0.1, 0.15) is 40.5 Å². The van der Waals surface area contributed by atoms with E-state index in [4.69, 9.17) is 9.47 Å². The Kier molecular flexibility index (Phi) is 3.63. The van der Waals surface area contributed by atoms with Gasteiger partial charge in [0, 0.05) is 0 Å². The molecule has 0 atom stereocenters. The molecule has 0 aromatic rings. The summed E-state index contributed by atoms with van der Waals surface area (Å²) in [6.45, 7) is 8.38. The molecule has 1 rings (SSSR count). The van der Waals surface area contributed by atoms with Gasteiger partial charge in [-0.25, -0.2) is 0 Å². The Balaban J connectivity index is 2.50. The zero-order valence-electron chi connectivity index (χ0n) is 8.89. The minimum absolute atomic E-state index is 0.000217. The monoisotopic (exact) mass is 298 g/mol. The lowest BCUT2D eigenvalue weighted by molar-refractivity contribution is -0.0901. The fourth-order valence-corrected chi connectivity index (χ4v) is 1.77. The second-order valence-corrected chi connectivity index (χ2v) is 5.60. The van der Waals surface area contributed by atoms with Crippen LogP contribution in [0.4, 0.5) is 0 Å². The number of hydrogen-bond acceptors (Lipinski definition) is 2. The third-order valence-electron chi connectivity index (χ3n) is 2.88. The van der Waals surface area contributed by atoms with Gasteiger partial charge in [-0.1, -0.05) is 22.6 Å². The molecular weight excluding hydrogens is 279 g/mol. The second-order valence-electron chi connectivity index (χ2n) is 4.52. The molecule has 0 N–H and O–H groups in total. The molecule has 1 aliphatic heterocycles. The molecule has 13 heavy (non-hydrogen) atoms. The van der Waals surface area contributed by atoms with E-state index in [9.17, 15) is 0 Å². The van der Waals surface area contributed by atoms with Crippen LogP contribution in [0.2, 0.25) is 0 Å². The molecule has 2 nitrogen and oxygen atoms in total. The summed E-state index contributed by atoms with van der Waals surface area (Å²) in [4.78, 5) is 0. The first-order valence-corrected chi connectivity index (χ1v) is 6.33. The highest BCUT2D eigenvalue weighted by atomic mass is 127. The van der Waals surface area contributed by atoms with Gasteiger partial charge >= 0.3 is 0 Å². The molecule has 0 aromatic heterocycles. The van der Waals surface area contributed by atoms with E-state index in [1.165, 1.54) is 4.43 Å². The van der Waals surface area contributed by atoms with Crippen LogP contribution in [0.15, 0.2) is 0 Å². The summed E-state index contributed by atoms with van der Waals surface area (Å²) in [5, 5.41) is 0. The van der Waals surface area contributed by atoms with Crippen molar-refractivity contribution in [1.29, 1.82) is 0 Å². The lowest BCUT2D eigenvalue weighted by atomic mass is 9.90. The van der Waals surface area contributed by atoms with Crippen molar-refractivity contribution in [3.63, 3.8) is 0 Å². The minimum atomic E-state index is -0.164. The summed E-state index contributed by atoms with van der Waals surface area (Å²) in [7, 11) is 0. The molecule has 1 saturated heterocycles. The molecule has 0 unspecified atom stereocenters. The van der Waals surface area contributed by atoms with Crippen molar-refractivity contribution < 1.29 is 9.47 Å².